The molecule has 2 aromatic rings. The molecular formula is C21H25NO3. The minimum atomic E-state index is -0.428. The monoisotopic (exact) mass is 339 g/mol. The first-order valence-electron chi connectivity index (χ1n) is 8.32. The van der Waals surface area contributed by atoms with Gasteiger partial charge in [0.2, 0.25) is 0 Å². The molecular weight excluding hydrogens is 314 g/mol. The number of carbonyl (C=O) groups is 1. The van der Waals surface area contributed by atoms with E-state index in [0.29, 0.717) is 6.54 Å². The number of hydrogen-bond donors (Lipinski definition) is 1. The molecule has 0 aliphatic carbocycles. The molecule has 0 spiro atoms. The molecule has 0 aromatic heterocycles. The molecule has 0 fully saturated rings. The zero-order valence-electron chi connectivity index (χ0n) is 15.0. The summed E-state index contributed by atoms with van der Waals surface area (Å²) in [6.45, 7) is 6.73. The first-order chi connectivity index (χ1) is 11.9. The number of rotatable bonds is 6. The molecule has 0 saturated carbocycles. The van der Waals surface area contributed by atoms with E-state index in [4.69, 9.17) is 9.47 Å². The van der Waals surface area contributed by atoms with Crippen molar-refractivity contribution in [3.63, 3.8) is 0 Å². The van der Waals surface area contributed by atoms with Crippen molar-refractivity contribution in [2.45, 2.75) is 33.0 Å². The highest BCUT2D eigenvalue weighted by Crippen LogP contribution is 2.18. The molecule has 2 rings (SSSR count). The van der Waals surface area contributed by atoms with Crippen LogP contribution in [0.5, 0.6) is 5.75 Å². The maximum atomic E-state index is 11.6. The summed E-state index contributed by atoms with van der Waals surface area (Å²) in [5, 5.41) is 2.69. The summed E-state index contributed by atoms with van der Waals surface area (Å²) in [5.41, 5.74) is 1.80. The Morgan fingerprint density at radius 2 is 1.72 bits per heavy atom. The first-order valence-corrected chi connectivity index (χ1v) is 8.32. The van der Waals surface area contributed by atoms with E-state index in [1.165, 1.54) is 0 Å². The van der Waals surface area contributed by atoms with E-state index in [1.54, 1.807) is 0 Å². The summed E-state index contributed by atoms with van der Waals surface area (Å²) in [5.74, 6) is 0.840. The third-order valence-electron chi connectivity index (χ3n) is 3.19. The van der Waals surface area contributed by atoms with Crippen LogP contribution in [0.4, 0.5) is 4.79 Å². The molecule has 0 unspecified atom stereocenters. The number of amides is 1. The van der Waals surface area contributed by atoms with E-state index in [1.807, 2.05) is 87.5 Å². The summed E-state index contributed by atoms with van der Waals surface area (Å²) in [6, 6.07) is 17.4. The van der Waals surface area contributed by atoms with E-state index in [0.717, 1.165) is 16.9 Å². The van der Waals surface area contributed by atoms with Crippen LogP contribution in [0, 0.1) is 0 Å². The molecule has 2 aromatic carbocycles. The maximum Gasteiger partial charge on any atom is 0.407 e. The van der Waals surface area contributed by atoms with Crippen molar-refractivity contribution in [1.82, 2.24) is 5.32 Å². The van der Waals surface area contributed by atoms with Gasteiger partial charge in [0.25, 0.3) is 0 Å². The third-order valence-corrected chi connectivity index (χ3v) is 3.19. The van der Waals surface area contributed by atoms with E-state index >= 15 is 0 Å². The lowest BCUT2D eigenvalue weighted by Gasteiger charge is -2.21. The molecule has 0 aliphatic rings. The fourth-order valence-corrected chi connectivity index (χ4v) is 2.11. The van der Waals surface area contributed by atoms with Crippen LogP contribution < -0.4 is 10.1 Å². The minimum Gasteiger partial charge on any atom is -0.488 e. The van der Waals surface area contributed by atoms with Crippen molar-refractivity contribution in [1.29, 1.82) is 0 Å². The molecule has 0 aliphatic heterocycles. The number of alkyl carbamates (subject to hydrolysis) is 1. The number of hydrogen-bond acceptors (Lipinski definition) is 3. The molecule has 0 radical (unpaired) electrons. The summed E-state index contributed by atoms with van der Waals surface area (Å²) in [6.07, 6.45) is 3.39. The van der Waals surface area contributed by atoms with Gasteiger partial charge in [-0.15, -0.1) is 0 Å². The Morgan fingerprint density at radius 3 is 2.36 bits per heavy atom. The van der Waals surface area contributed by atoms with Crippen molar-refractivity contribution in [2.24, 2.45) is 0 Å². The number of nitrogens with one attached hydrogen (secondary N) is 1. The summed E-state index contributed by atoms with van der Waals surface area (Å²) in [7, 11) is 0. The highest BCUT2D eigenvalue weighted by atomic mass is 16.5. The standard InChI is InChI=1S/C21H25NO3/c1-21(2,3)25-19-13-11-17(12-14-19)10-7-15-22-20(23)24-16-18-8-5-4-6-9-18/h4-14H,15-16H2,1-3H3,(H,22,23). The Balaban J connectivity index is 1.71. The average Bonchev–Trinajstić information content (AvgIpc) is 2.58. The number of benzene rings is 2. The number of carbonyl (C=O) groups excluding carboxylic acids is 1. The molecule has 1 N–H and O–H groups in total. The van der Waals surface area contributed by atoms with Crippen LogP contribution >= 0.6 is 0 Å². The van der Waals surface area contributed by atoms with Crippen LogP contribution in [-0.4, -0.2) is 18.2 Å². The Hall–Kier alpha value is -2.75. The van der Waals surface area contributed by atoms with E-state index in [-0.39, 0.29) is 12.2 Å². The van der Waals surface area contributed by atoms with Gasteiger partial charge in [-0.05, 0) is 44.0 Å². The summed E-state index contributed by atoms with van der Waals surface area (Å²) in [4.78, 5) is 11.6. The van der Waals surface area contributed by atoms with Gasteiger partial charge in [-0.2, -0.15) is 0 Å². The predicted octanol–water partition coefficient (Wildman–Crippen LogP) is 4.80. The van der Waals surface area contributed by atoms with Crippen molar-refractivity contribution in [3.8, 4) is 5.75 Å². The Bertz CT molecular complexity index is 685. The van der Waals surface area contributed by atoms with Gasteiger partial charge in [0.05, 0.1) is 0 Å². The second-order valence-corrected chi connectivity index (χ2v) is 6.63. The minimum absolute atomic E-state index is 0.207. The average molecular weight is 339 g/mol. The normalized spacial score (nSPS) is 11.3. The van der Waals surface area contributed by atoms with Gasteiger partial charge in [-0.3, -0.25) is 0 Å². The Morgan fingerprint density at radius 1 is 1.04 bits per heavy atom. The third kappa shape index (κ3) is 7.57. The predicted molar refractivity (Wildman–Crippen MR) is 100 cm³/mol. The van der Waals surface area contributed by atoms with E-state index in [9.17, 15) is 4.79 Å². The van der Waals surface area contributed by atoms with Crippen molar-refractivity contribution < 1.29 is 14.3 Å². The molecule has 0 atom stereocenters. The number of ether oxygens (including phenoxy) is 2. The molecule has 0 saturated heterocycles. The Kier molecular flexibility index (Phi) is 6.63. The quantitative estimate of drug-likeness (QED) is 0.822. The molecule has 25 heavy (non-hydrogen) atoms. The second-order valence-electron chi connectivity index (χ2n) is 6.63. The lowest BCUT2D eigenvalue weighted by molar-refractivity contribution is 0.131. The van der Waals surface area contributed by atoms with Crippen molar-refractivity contribution in [2.75, 3.05) is 6.54 Å². The van der Waals surface area contributed by atoms with Crippen LogP contribution in [0.1, 0.15) is 31.9 Å². The van der Waals surface area contributed by atoms with Gasteiger partial charge in [-0.1, -0.05) is 54.6 Å². The van der Waals surface area contributed by atoms with Gasteiger partial charge >= 0.3 is 6.09 Å². The zero-order chi connectivity index (χ0) is 18.1. The molecule has 132 valence electrons. The largest absolute Gasteiger partial charge is 0.488 e. The highest BCUT2D eigenvalue weighted by molar-refractivity contribution is 5.67. The second kappa shape index (κ2) is 8.92. The SMILES string of the molecule is CC(C)(C)Oc1ccc(C=CCNC(=O)OCc2ccccc2)cc1. The van der Waals surface area contributed by atoms with Gasteiger partial charge in [0.1, 0.15) is 18.0 Å². The summed E-state index contributed by atoms with van der Waals surface area (Å²) >= 11 is 0. The van der Waals surface area contributed by atoms with Gasteiger partial charge in [0.15, 0.2) is 0 Å². The maximum absolute atomic E-state index is 11.6. The van der Waals surface area contributed by atoms with Gasteiger partial charge in [-0.25, -0.2) is 4.79 Å². The zero-order valence-corrected chi connectivity index (χ0v) is 15.0. The summed E-state index contributed by atoms with van der Waals surface area (Å²) < 4.78 is 10.9. The van der Waals surface area contributed by atoms with Crippen LogP contribution in [0.15, 0.2) is 60.7 Å². The van der Waals surface area contributed by atoms with E-state index < -0.39 is 6.09 Å². The van der Waals surface area contributed by atoms with Gasteiger partial charge in [0, 0.05) is 6.54 Å². The van der Waals surface area contributed by atoms with Crippen LogP contribution in [0.2, 0.25) is 0 Å². The molecule has 1 amide bonds. The molecule has 0 heterocycles. The smallest absolute Gasteiger partial charge is 0.407 e. The lowest BCUT2D eigenvalue weighted by atomic mass is 10.1. The lowest BCUT2D eigenvalue weighted by Crippen LogP contribution is -2.24. The van der Waals surface area contributed by atoms with Crippen LogP contribution in [-0.2, 0) is 11.3 Å². The first kappa shape index (κ1) is 18.6. The Labute approximate surface area is 149 Å². The van der Waals surface area contributed by atoms with Gasteiger partial charge < -0.3 is 14.8 Å². The topological polar surface area (TPSA) is 47.6 Å². The fraction of sp³-hybridized carbons (Fsp3) is 0.286. The van der Waals surface area contributed by atoms with Crippen LogP contribution in [0.25, 0.3) is 6.08 Å². The van der Waals surface area contributed by atoms with Crippen molar-refractivity contribution >= 4 is 12.2 Å². The van der Waals surface area contributed by atoms with E-state index in [2.05, 4.69) is 5.32 Å². The molecule has 4 nitrogen and oxygen atoms in total. The van der Waals surface area contributed by atoms with Crippen molar-refractivity contribution in [3.05, 3.63) is 71.8 Å². The molecule has 0 bridgehead atoms. The van der Waals surface area contributed by atoms with Crippen LogP contribution in [0.3, 0.4) is 0 Å². The fourth-order valence-electron chi connectivity index (χ4n) is 2.11. The molecule has 4 heteroatoms. The highest BCUT2D eigenvalue weighted by Gasteiger charge is 2.10.